The molecule has 10 heavy (non-hydrogen) atoms. The summed E-state index contributed by atoms with van der Waals surface area (Å²) in [5, 5.41) is 0. The third kappa shape index (κ3) is 4.52. The van der Waals surface area contributed by atoms with Crippen LogP contribution in [0.15, 0.2) is 24.3 Å². The van der Waals surface area contributed by atoms with Crippen molar-refractivity contribution in [1.29, 1.82) is 0 Å². The summed E-state index contributed by atoms with van der Waals surface area (Å²) in [6.45, 7) is 2.11. The molecule has 0 saturated heterocycles. The lowest BCUT2D eigenvalue weighted by molar-refractivity contribution is 1.49. The molecule has 3 heteroatoms. The first-order valence-electron chi connectivity index (χ1n) is 2.82. The van der Waals surface area contributed by atoms with Crippen molar-refractivity contribution in [3.05, 3.63) is 29.8 Å². The first kappa shape index (κ1) is 13.3. The molecule has 0 spiro atoms. The van der Waals surface area contributed by atoms with Gasteiger partial charge in [-0.05, 0) is 6.92 Å². The van der Waals surface area contributed by atoms with E-state index >= 15 is 0 Å². The Kier molecular flexibility index (Phi) is 8.55. The molecule has 0 aliphatic rings. The fourth-order valence-electron chi connectivity index (χ4n) is 0.637. The number of benzene rings is 1. The van der Waals surface area contributed by atoms with Crippen LogP contribution in [0, 0.1) is 6.92 Å². The SMILES string of the molecule is Br.Br.Cc1cc[c]([AlH2])cc1. The summed E-state index contributed by atoms with van der Waals surface area (Å²) >= 11 is 1.17. The molecule has 0 bridgehead atoms. The van der Waals surface area contributed by atoms with E-state index in [4.69, 9.17) is 0 Å². The molecule has 0 heterocycles. The molecule has 0 aromatic heterocycles. The fraction of sp³-hybridized carbons (Fsp3) is 0.143. The Labute approximate surface area is 91.0 Å². The molecule has 0 atom stereocenters. The van der Waals surface area contributed by atoms with Gasteiger partial charge >= 0.3 is 0 Å². The molecule has 56 valence electrons. The summed E-state index contributed by atoms with van der Waals surface area (Å²) in [5.41, 5.74) is 1.35. The van der Waals surface area contributed by atoms with E-state index in [-0.39, 0.29) is 34.0 Å². The highest BCUT2D eigenvalue weighted by Crippen LogP contribution is 1.90. The van der Waals surface area contributed by atoms with Gasteiger partial charge in [0.1, 0.15) is 0 Å². The van der Waals surface area contributed by atoms with Gasteiger partial charge in [0.2, 0.25) is 0 Å². The van der Waals surface area contributed by atoms with Gasteiger partial charge < -0.3 is 0 Å². The summed E-state index contributed by atoms with van der Waals surface area (Å²) in [6.07, 6.45) is 0. The van der Waals surface area contributed by atoms with E-state index in [0.29, 0.717) is 0 Å². The van der Waals surface area contributed by atoms with Gasteiger partial charge in [-0.3, -0.25) is 0 Å². The van der Waals surface area contributed by atoms with Crippen molar-refractivity contribution >= 4 is 54.7 Å². The number of halogens is 2. The molecule has 0 aliphatic heterocycles. The smallest absolute Gasteiger partial charge is 0.121 e. The normalized spacial score (nSPS) is 7.30. The monoisotopic (exact) mass is 280 g/mol. The molecule has 0 saturated carbocycles. The van der Waals surface area contributed by atoms with Crippen LogP contribution in [0.5, 0.6) is 0 Å². The topological polar surface area (TPSA) is 0 Å². The summed E-state index contributed by atoms with van der Waals surface area (Å²) in [6, 6.07) is 8.67. The molecular weight excluding hydrogens is 271 g/mol. The number of rotatable bonds is 0. The highest BCUT2D eigenvalue weighted by molar-refractivity contribution is 8.93. The van der Waals surface area contributed by atoms with E-state index in [9.17, 15) is 0 Å². The third-order valence-corrected chi connectivity index (χ3v) is 1.88. The number of hydrogen-bond acceptors (Lipinski definition) is 0. The molecule has 1 rings (SSSR count). The summed E-state index contributed by atoms with van der Waals surface area (Å²) in [7, 11) is 0. The van der Waals surface area contributed by atoms with Gasteiger partial charge in [0, 0.05) is 0 Å². The molecule has 0 nitrogen and oxygen atoms in total. The maximum Gasteiger partial charge on any atom is 0.258 e. The lowest BCUT2D eigenvalue weighted by atomic mass is 10.2. The predicted octanol–water partition coefficient (Wildman–Crippen LogP) is 1.41. The van der Waals surface area contributed by atoms with Crippen LogP contribution < -0.4 is 4.43 Å². The highest BCUT2D eigenvalue weighted by atomic mass is 79.9. The maximum absolute atomic E-state index is 2.18. The minimum absolute atomic E-state index is 0. The first-order valence-corrected chi connectivity index (χ1v) is 3.82. The lowest BCUT2D eigenvalue weighted by Gasteiger charge is -1.90. The van der Waals surface area contributed by atoms with E-state index < -0.39 is 0 Å². The highest BCUT2D eigenvalue weighted by Gasteiger charge is 1.80. The molecule has 1 aromatic rings. The zero-order chi connectivity index (χ0) is 5.98. The Morgan fingerprint density at radius 3 is 1.70 bits per heavy atom. The van der Waals surface area contributed by atoms with Crippen LogP contribution >= 0.6 is 34.0 Å². The van der Waals surface area contributed by atoms with Gasteiger partial charge in [-0.2, -0.15) is 0 Å². The predicted molar refractivity (Wildman–Crippen MR) is 60.0 cm³/mol. The van der Waals surface area contributed by atoms with Crippen LogP contribution in [0.25, 0.3) is 0 Å². The fourth-order valence-corrected chi connectivity index (χ4v) is 0.970. The van der Waals surface area contributed by atoms with Crippen molar-refractivity contribution in [2.45, 2.75) is 6.92 Å². The first-order chi connectivity index (χ1) is 3.79. The molecule has 0 aliphatic carbocycles. The molecule has 0 N–H and O–H groups in total. The zero-order valence-electron chi connectivity index (χ0n) is 6.13. The molecule has 0 fully saturated rings. The Bertz CT molecular complexity index is 150. The van der Waals surface area contributed by atoms with Crippen molar-refractivity contribution in [3.63, 3.8) is 0 Å². The largest absolute Gasteiger partial charge is 0.258 e. The average molecular weight is 282 g/mol. The minimum atomic E-state index is 0. The van der Waals surface area contributed by atoms with Gasteiger partial charge in [0.25, 0.3) is 16.3 Å². The lowest BCUT2D eigenvalue weighted by Crippen LogP contribution is -1.98. The van der Waals surface area contributed by atoms with Gasteiger partial charge in [0.05, 0.1) is 0 Å². The second-order valence-corrected chi connectivity index (χ2v) is 3.31. The number of aryl methyl sites for hydroxylation is 1. The molecule has 0 amide bonds. The summed E-state index contributed by atoms with van der Waals surface area (Å²) in [5.74, 6) is 0. The van der Waals surface area contributed by atoms with Crippen LogP contribution in [0.2, 0.25) is 0 Å². The number of hydrogen-bond donors (Lipinski definition) is 0. The van der Waals surface area contributed by atoms with Gasteiger partial charge in [-0.1, -0.05) is 29.8 Å². The average Bonchev–Trinajstić information content (AvgIpc) is 1.77. The minimum Gasteiger partial charge on any atom is -0.121 e. The Morgan fingerprint density at radius 1 is 1.00 bits per heavy atom. The van der Waals surface area contributed by atoms with E-state index in [0.717, 1.165) is 0 Å². The quantitative estimate of drug-likeness (QED) is 0.631. The van der Waals surface area contributed by atoms with Crippen LogP contribution in [-0.4, -0.2) is 16.3 Å². The van der Waals surface area contributed by atoms with Crippen molar-refractivity contribution in [1.82, 2.24) is 0 Å². The summed E-state index contributed by atoms with van der Waals surface area (Å²) in [4.78, 5) is 0. The molecule has 0 radical (unpaired) electrons. The van der Waals surface area contributed by atoms with Crippen LogP contribution in [0.3, 0.4) is 0 Å². The van der Waals surface area contributed by atoms with E-state index in [1.807, 2.05) is 0 Å². The van der Waals surface area contributed by atoms with Crippen molar-refractivity contribution in [2.75, 3.05) is 0 Å². The van der Waals surface area contributed by atoms with E-state index in [1.165, 1.54) is 26.3 Å². The van der Waals surface area contributed by atoms with E-state index in [1.54, 1.807) is 0 Å². The third-order valence-electron chi connectivity index (χ3n) is 1.22. The van der Waals surface area contributed by atoms with Crippen LogP contribution in [0.4, 0.5) is 0 Å². The Balaban J connectivity index is 0. The summed E-state index contributed by atoms with van der Waals surface area (Å²) < 4.78 is 1.47. The molecule has 1 aromatic carbocycles. The van der Waals surface area contributed by atoms with Crippen molar-refractivity contribution in [3.8, 4) is 0 Å². The van der Waals surface area contributed by atoms with Gasteiger partial charge in [-0.25, -0.2) is 0 Å². The van der Waals surface area contributed by atoms with Crippen molar-refractivity contribution in [2.24, 2.45) is 0 Å². The molecular formula is C7H11AlBr2. The maximum atomic E-state index is 2.18. The standard InChI is InChI=1S/C7H7.Al.2BrH.2H/c1-7-5-3-2-4-6-7;;;;;/h3-6H,1H3;;2*1H;;. The molecule has 0 unspecified atom stereocenters. The van der Waals surface area contributed by atoms with E-state index in [2.05, 4.69) is 31.2 Å². The second kappa shape index (κ2) is 6.42. The zero-order valence-corrected chi connectivity index (χ0v) is 11.6. The Hall–Kier alpha value is 0.712. The van der Waals surface area contributed by atoms with Crippen LogP contribution in [0.1, 0.15) is 5.56 Å². The van der Waals surface area contributed by atoms with Crippen molar-refractivity contribution < 1.29 is 0 Å². The Morgan fingerprint density at radius 2 is 1.40 bits per heavy atom. The second-order valence-electron chi connectivity index (χ2n) is 2.15. The van der Waals surface area contributed by atoms with Gasteiger partial charge in [-0.15, -0.1) is 38.4 Å². The van der Waals surface area contributed by atoms with Gasteiger partial charge in [0.15, 0.2) is 0 Å². The van der Waals surface area contributed by atoms with Crippen LogP contribution in [-0.2, 0) is 0 Å².